The largest absolute Gasteiger partial charge is 0.457 e. The van der Waals surface area contributed by atoms with Crippen molar-refractivity contribution < 1.29 is 31.1 Å². The van der Waals surface area contributed by atoms with Crippen molar-refractivity contribution in [3.05, 3.63) is 53.6 Å². The molecular weight excluding hydrogens is 312 g/mol. The Labute approximate surface area is 121 Å². The summed E-state index contributed by atoms with van der Waals surface area (Å²) in [6.07, 6.45) is -9.36. The monoisotopic (exact) mass is 321 g/mol. The summed E-state index contributed by atoms with van der Waals surface area (Å²) in [5, 5.41) is 0. The van der Waals surface area contributed by atoms with E-state index in [4.69, 9.17) is 10.5 Å². The fourth-order valence-corrected chi connectivity index (χ4v) is 1.72. The highest BCUT2D eigenvalue weighted by atomic mass is 19.4. The van der Waals surface area contributed by atoms with Gasteiger partial charge >= 0.3 is 12.4 Å². The standard InChI is InChI=1S/C14H9F6NO/c15-13(16,17)8-2-1-3-10(6-8)22-12-5-4-9(21)7-11(12)14(18,19)20/h1-7H,21H2. The Hall–Kier alpha value is -2.38. The summed E-state index contributed by atoms with van der Waals surface area (Å²) in [6.45, 7) is 0. The Balaban J connectivity index is 2.40. The van der Waals surface area contributed by atoms with Crippen molar-refractivity contribution in [3.8, 4) is 11.5 Å². The van der Waals surface area contributed by atoms with Crippen LogP contribution < -0.4 is 10.5 Å². The van der Waals surface area contributed by atoms with Crippen molar-refractivity contribution in [1.29, 1.82) is 0 Å². The van der Waals surface area contributed by atoms with E-state index in [-0.39, 0.29) is 11.4 Å². The molecule has 0 radical (unpaired) electrons. The van der Waals surface area contributed by atoms with Crippen molar-refractivity contribution in [2.45, 2.75) is 12.4 Å². The molecule has 2 aromatic carbocycles. The van der Waals surface area contributed by atoms with Crippen molar-refractivity contribution >= 4 is 5.69 Å². The Kier molecular flexibility index (Phi) is 3.95. The molecule has 0 aliphatic carbocycles. The fourth-order valence-electron chi connectivity index (χ4n) is 1.72. The van der Waals surface area contributed by atoms with E-state index in [1.807, 2.05) is 0 Å². The van der Waals surface area contributed by atoms with Crippen LogP contribution in [0.3, 0.4) is 0 Å². The number of halogens is 6. The Morgan fingerprint density at radius 3 is 2.09 bits per heavy atom. The second kappa shape index (κ2) is 5.43. The van der Waals surface area contributed by atoms with Crippen LogP contribution in [0.1, 0.15) is 11.1 Å². The van der Waals surface area contributed by atoms with Crippen LogP contribution in [0.25, 0.3) is 0 Å². The average molecular weight is 321 g/mol. The number of hydrogen-bond donors (Lipinski definition) is 1. The molecule has 2 rings (SSSR count). The summed E-state index contributed by atoms with van der Waals surface area (Å²) in [7, 11) is 0. The molecule has 0 spiro atoms. The molecule has 2 N–H and O–H groups in total. The highest BCUT2D eigenvalue weighted by molar-refractivity contribution is 5.50. The normalized spacial score (nSPS) is 12.3. The van der Waals surface area contributed by atoms with E-state index < -0.39 is 29.2 Å². The molecule has 2 nitrogen and oxygen atoms in total. The lowest BCUT2D eigenvalue weighted by Gasteiger charge is -2.15. The maximum Gasteiger partial charge on any atom is 0.420 e. The highest BCUT2D eigenvalue weighted by Crippen LogP contribution is 2.40. The van der Waals surface area contributed by atoms with Crippen molar-refractivity contribution in [3.63, 3.8) is 0 Å². The zero-order valence-corrected chi connectivity index (χ0v) is 10.8. The van der Waals surface area contributed by atoms with Crippen LogP contribution in [0.5, 0.6) is 11.5 Å². The molecule has 0 atom stereocenters. The van der Waals surface area contributed by atoms with E-state index in [0.29, 0.717) is 12.1 Å². The van der Waals surface area contributed by atoms with E-state index in [0.717, 1.165) is 30.3 Å². The summed E-state index contributed by atoms with van der Waals surface area (Å²) >= 11 is 0. The number of nitrogen functional groups attached to an aromatic ring is 1. The summed E-state index contributed by atoms with van der Waals surface area (Å²) in [5.74, 6) is -0.980. The second-order valence-electron chi connectivity index (χ2n) is 4.38. The first-order valence-corrected chi connectivity index (χ1v) is 5.89. The third-order valence-electron chi connectivity index (χ3n) is 2.70. The van der Waals surface area contributed by atoms with Gasteiger partial charge in [0.25, 0.3) is 0 Å². The molecule has 118 valence electrons. The van der Waals surface area contributed by atoms with Gasteiger partial charge in [-0.2, -0.15) is 26.3 Å². The lowest BCUT2D eigenvalue weighted by atomic mass is 10.1. The molecule has 0 saturated carbocycles. The van der Waals surface area contributed by atoms with E-state index in [2.05, 4.69) is 0 Å². The van der Waals surface area contributed by atoms with Gasteiger partial charge < -0.3 is 10.5 Å². The van der Waals surface area contributed by atoms with Crippen molar-refractivity contribution in [1.82, 2.24) is 0 Å². The van der Waals surface area contributed by atoms with Crippen LogP contribution in [-0.4, -0.2) is 0 Å². The molecule has 2 aromatic rings. The number of alkyl halides is 6. The second-order valence-corrected chi connectivity index (χ2v) is 4.38. The van der Waals surface area contributed by atoms with Gasteiger partial charge in [-0.3, -0.25) is 0 Å². The maximum atomic E-state index is 12.9. The van der Waals surface area contributed by atoms with Crippen LogP contribution in [0.15, 0.2) is 42.5 Å². The summed E-state index contributed by atoms with van der Waals surface area (Å²) in [5.41, 5.74) is 2.98. The smallest absolute Gasteiger partial charge is 0.420 e. The average Bonchev–Trinajstić information content (AvgIpc) is 2.39. The SMILES string of the molecule is Nc1ccc(Oc2cccc(C(F)(F)F)c2)c(C(F)(F)F)c1. The third-order valence-corrected chi connectivity index (χ3v) is 2.70. The van der Waals surface area contributed by atoms with Gasteiger partial charge in [-0.05, 0) is 36.4 Å². The van der Waals surface area contributed by atoms with Gasteiger partial charge in [-0.25, -0.2) is 0 Å². The van der Waals surface area contributed by atoms with Crippen LogP contribution in [0.4, 0.5) is 32.0 Å². The summed E-state index contributed by atoms with van der Waals surface area (Å²) < 4.78 is 81.3. The number of nitrogens with two attached hydrogens (primary N) is 1. The minimum absolute atomic E-state index is 0.135. The van der Waals surface area contributed by atoms with E-state index in [1.54, 1.807) is 0 Å². The lowest BCUT2D eigenvalue weighted by Crippen LogP contribution is -2.08. The zero-order valence-electron chi connectivity index (χ0n) is 10.8. The molecule has 0 aliphatic heterocycles. The van der Waals surface area contributed by atoms with Gasteiger partial charge in [0.05, 0.1) is 5.56 Å². The zero-order chi connectivity index (χ0) is 16.5. The molecule has 0 aliphatic rings. The van der Waals surface area contributed by atoms with Crippen LogP contribution in [0.2, 0.25) is 0 Å². The van der Waals surface area contributed by atoms with Gasteiger partial charge in [0.1, 0.15) is 17.1 Å². The molecular formula is C14H9F6NO. The minimum atomic E-state index is -4.74. The first-order chi connectivity index (χ1) is 10.1. The van der Waals surface area contributed by atoms with Gasteiger partial charge in [-0.15, -0.1) is 0 Å². The van der Waals surface area contributed by atoms with Gasteiger partial charge in [-0.1, -0.05) is 6.07 Å². The lowest BCUT2D eigenvalue weighted by molar-refractivity contribution is -0.139. The number of hydrogen-bond acceptors (Lipinski definition) is 2. The third kappa shape index (κ3) is 3.63. The number of benzene rings is 2. The van der Waals surface area contributed by atoms with E-state index in [1.165, 1.54) is 0 Å². The van der Waals surface area contributed by atoms with Crippen molar-refractivity contribution in [2.24, 2.45) is 0 Å². The number of ether oxygens (including phenoxy) is 1. The topological polar surface area (TPSA) is 35.2 Å². The maximum absolute atomic E-state index is 12.9. The molecule has 0 saturated heterocycles. The molecule has 0 fully saturated rings. The van der Waals surface area contributed by atoms with Crippen LogP contribution in [0, 0.1) is 0 Å². The molecule has 0 bridgehead atoms. The van der Waals surface area contributed by atoms with Gasteiger partial charge in [0.2, 0.25) is 0 Å². The quantitative estimate of drug-likeness (QED) is 0.617. The molecule has 8 heteroatoms. The van der Waals surface area contributed by atoms with Crippen LogP contribution >= 0.6 is 0 Å². The fraction of sp³-hybridized carbons (Fsp3) is 0.143. The van der Waals surface area contributed by atoms with Crippen molar-refractivity contribution in [2.75, 3.05) is 5.73 Å². The van der Waals surface area contributed by atoms with E-state index in [9.17, 15) is 26.3 Å². The predicted octanol–water partition coefficient (Wildman–Crippen LogP) is 5.10. The molecule has 0 aromatic heterocycles. The minimum Gasteiger partial charge on any atom is -0.457 e. The first kappa shape index (κ1) is 16.0. The summed E-state index contributed by atoms with van der Waals surface area (Å²) in [6, 6.07) is 6.37. The van der Waals surface area contributed by atoms with Crippen LogP contribution in [-0.2, 0) is 12.4 Å². The van der Waals surface area contributed by atoms with E-state index >= 15 is 0 Å². The predicted molar refractivity (Wildman–Crippen MR) is 67.4 cm³/mol. The van der Waals surface area contributed by atoms with Gasteiger partial charge in [0, 0.05) is 5.69 Å². The molecule has 0 heterocycles. The molecule has 0 amide bonds. The van der Waals surface area contributed by atoms with Gasteiger partial charge in [0.15, 0.2) is 0 Å². The number of rotatable bonds is 2. The number of anilines is 1. The Morgan fingerprint density at radius 1 is 0.818 bits per heavy atom. The molecule has 0 unspecified atom stereocenters. The summed E-state index contributed by atoms with van der Waals surface area (Å²) in [4.78, 5) is 0. The Morgan fingerprint density at radius 2 is 1.50 bits per heavy atom. The highest BCUT2D eigenvalue weighted by Gasteiger charge is 2.35. The Bertz CT molecular complexity index is 678. The first-order valence-electron chi connectivity index (χ1n) is 5.89. The molecule has 22 heavy (non-hydrogen) atoms.